The largest absolute Gasteiger partial charge is 0.469 e. The van der Waals surface area contributed by atoms with Crippen LogP contribution in [0.1, 0.15) is 11.7 Å². The highest BCUT2D eigenvalue weighted by Crippen LogP contribution is 2.37. The number of non-ortho nitro benzene ring substituents is 1. The number of phosphoric ester groups is 1. The average Bonchev–Trinajstić information content (AvgIpc) is 2.85. The Bertz CT molecular complexity index is 739. The zero-order chi connectivity index (χ0) is 16.5. The van der Waals surface area contributed by atoms with Crippen molar-refractivity contribution in [1.82, 2.24) is 4.98 Å². The van der Waals surface area contributed by atoms with Gasteiger partial charge in [0.1, 0.15) is 12.2 Å². The molecule has 1 aromatic carbocycles. The summed E-state index contributed by atoms with van der Waals surface area (Å²) in [5.41, 5.74) is 0.471. The third kappa shape index (κ3) is 3.69. The van der Waals surface area contributed by atoms with Gasteiger partial charge in [-0.2, -0.15) is 0 Å². The number of aromatic amines is 1. The number of nitrogens with one attached hydrogen (secondary N) is 1. The van der Waals surface area contributed by atoms with Crippen LogP contribution in [-0.4, -0.2) is 42.6 Å². The van der Waals surface area contributed by atoms with Crippen molar-refractivity contribution in [2.24, 2.45) is 0 Å². The molecule has 1 aromatic heterocycles. The number of hydrogen-bond acceptors (Lipinski definition) is 6. The zero-order valence-corrected chi connectivity index (χ0v) is 11.9. The standard InChI is InChI=1S/C11H13N2O8P/c14-10(5-21-22(18,19)20)11(15)8-4-12-9-3-6(13(16)17)1-2-7(8)9/h1-4,10-12,14-15H,5H2,(H2,18,19,20)/t10-,11?/m0/s1. The molecular formula is C11H13N2O8P. The van der Waals surface area contributed by atoms with Crippen LogP contribution in [0.15, 0.2) is 24.4 Å². The Kier molecular flexibility index (Phi) is 4.61. The van der Waals surface area contributed by atoms with E-state index in [1.54, 1.807) is 0 Å². The van der Waals surface area contributed by atoms with Crippen LogP contribution in [-0.2, 0) is 9.09 Å². The van der Waals surface area contributed by atoms with Crippen LogP contribution >= 0.6 is 7.82 Å². The van der Waals surface area contributed by atoms with Crippen molar-refractivity contribution in [3.05, 3.63) is 40.1 Å². The second-order valence-electron chi connectivity index (χ2n) is 4.53. The van der Waals surface area contributed by atoms with E-state index < -0.39 is 31.6 Å². The Hall–Kier alpha value is -1.81. The van der Waals surface area contributed by atoms with Crippen molar-refractivity contribution in [2.75, 3.05) is 6.61 Å². The maximum atomic E-state index is 10.7. The van der Waals surface area contributed by atoms with Crippen molar-refractivity contribution >= 4 is 24.4 Å². The van der Waals surface area contributed by atoms with E-state index in [1.807, 2.05) is 0 Å². The molecule has 0 saturated heterocycles. The van der Waals surface area contributed by atoms with Crippen LogP contribution in [0, 0.1) is 10.1 Å². The molecule has 10 nitrogen and oxygen atoms in total. The van der Waals surface area contributed by atoms with E-state index in [9.17, 15) is 24.9 Å². The molecule has 1 heterocycles. The molecule has 0 amide bonds. The molecule has 120 valence electrons. The number of aliphatic hydroxyl groups is 2. The van der Waals surface area contributed by atoms with E-state index in [0.29, 0.717) is 10.9 Å². The van der Waals surface area contributed by atoms with Crippen LogP contribution in [0.3, 0.4) is 0 Å². The summed E-state index contributed by atoms with van der Waals surface area (Å²) in [6.45, 7) is -0.773. The molecule has 2 aromatic rings. The molecule has 2 rings (SSSR count). The Morgan fingerprint density at radius 1 is 1.36 bits per heavy atom. The monoisotopic (exact) mass is 332 g/mol. The molecule has 5 N–H and O–H groups in total. The van der Waals surface area contributed by atoms with Gasteiger partial charge in [0.25, 0.3) is 5.69 Å². The van der Waals surface area contributed by atoms with Gasteiger partial charge in [0, 0.05) is 29.3 Å². The summed E-state index contributed by atoms with van der Waals surface area (Å²) in [6.07, 6.45) is -1.72. The van der Waals surface area contributed by atoms with E-state index in [4.69, 9.17) is 9.79 Å². The lowest BCUT2D eigenvalue weighted by Gasteiger charge is -2.17. The summed E-state index contributed by atoms with van der Waals surface area (Å²) in [7, 11) is -4.76. The number of fused-ring (bicyclic) bond motifs is 1. The van der Waals surface area contributed by atoms with Crippen LogP contribution in [0.4, 0.5) is 5.69 Å². The fourth-order valence-electron chi connectivity index (χ4n) is 1.97. The van der Waals surface area contributed by atoms with Crippen molar-refractivity contribution in [1.29, 1.82) is 0 Å². The molecule has 1 unspecified atom stereocenters. The molecule has 0 bridgehead atoms. The van der Waals surface area contributed by atoms with Crippen LogP contribution < -0.4 is 0 Å². The van der Waals surface area contributed by atoms with Gasteiger partial charge in [-0.25, -0.2) is 4.57 Å². The third-order valence-corrected chi connectivity index (χ3v) is 3.49. The molecule has 0 fully saturated rings. The van der Waals surface area contributed by atoms with Crippen molar-refractivity contribution in [3.8, 4) is 0 Å². The number of rotatable bonds is 6. The molecule has 0 spiro atoms. The SMILES string of the molecule is O=[N+]([O-])c1ccc2c(C(O)[C@@H](O)COP(=O)(O)O)c[nH]c2c1. The maximum Gasteiger partial charge on any atom is 0.469 e. The van der Waals surface area contributed by atoms with E-state index in [-0.39, 0.29) is 11.3 Å². The summed E-state index contributed by atoms with van der Waals surface area (Å²) in [5.74, 6) is 0. The highest BCUT2D eigenvalue weighted by molar-refractivity contribution is 7.46. The van der Waals surface area contributed by atoms with Crippen molar-refractivity contribution in [2.45, 2.75) is 12.2 Å². The van der Waals surface area contributed by atoms with Gasteiger partial charge in [-0.3, -0.25) is 14.6 Å². The zero-order valence-electron chi connectivity index (χ0n) is 11.0. The van der Waals surface area contributed by atoms with Gasteiger partial charge in [0.15, 0.2) is 0 Å². The first kappa shape index (κ1) is 16.6. The normalized spacial score (nSPS) is 14.9. The minimum absolute atomic E-state index is 0.138. The maximum absolute atomic E-state index is 10.7. The molecule has 0 aliphatic heterocycles. The second kappa shape index (κ2) is 6.13. The van der Waals surface area contributed by atoms with E-state index in [1.165, 1.54) is 24.4 Å². The van der Waals surface area contributed by atoms with Crippen molar-refractivity contribution < 1.29 is 34.0 Å². The lowest BCUT2D eigenvalue weighted by atomic mass is 10.0. The number of nitro groups is 1. The molecule has 2 atom stereocenters. The molecule has 0 aliphatic rings. The number of H-pyrrole nitrogens is 1. The van der Waals surface area contributed by atoms with Gasteiger partial charge < -0.3 is 25.0 Å². The Balaban J connectivity index is 2.23. The van der Waals surface area contributed by atoms with E-state index in [2.05, 4.69) is 9.51 Å². The molecule has 0 radical (unpaired) electrons. The van der Waals surface area contributed by atoms with Gasteiger partial charge in [-0.05, 0) is 6.07 Å². The van der Waals surface area contributed by atoms with Crippen molar-refractivity contribution in [3.63, 3.8) is 0 Å². The number of phosphoric acid groups is 1. The minimum Gasteiger partial charge on any atom is -0.388 e. The predicted molar refractivity (Wildman–Crippen MR) is 73.9 cm³/mol. The number of aromatic nitrogens is 1. The lowest BCUT2D eigenvalue weighted by Crippen LogP contribution is -2.23. The fraction of sp³-hybridized carbons (Fsp3) is 0.273. The predicted octanol–water partition coefficient (Wildman–Crippen LogP) is 0.580. The van der Waals surface area contributed by atoms with Crippen LogP contribution in [0.2, 0.25) is 0 Å². The topological polar surface area (TPSA) is 166 Å². The van der Waals surface area contributed by atoms with Gasteiger partial charge in [-0.15, -0.1) is 0 Å². The van der Waals surface area contributed by atoms with Gasteiger partial charge >= 0.3 is 7.82 Å². The molecule has 22 heavy (non-hydrogen) atoms. The first-order valence-corrected chi connectivity index (χ1v) is 7.53. The third-order valence-electron chi connectivity index (χ3n) is 3.00. The number of hydrogen-bond donors (Lipinski definition) is 5. The first-order chi connectivity index (χ1) is 10.2. The van der Waals surface area contributed by atoms with Gasteiger partial charge in [0.2, 0.25) is 0 Å². The second-order valence-corrected chi connectivity index (χ2v) is 5.77. The van der Waals surface area contributed by atoms with E-state index >= 15 is 0 Å². The quantitative estimate of drug-likeness (QED) is 0.291. The number of benzene rings is 1. The van der Waals surface area contributed by atoms with Gasteiger partial charge in [0.05, 0.1) is 17.0 Å². The number of aliphatic hydroxyl groups excluding tert-OH is 2. The van der Waals surface area contributed by atoms with Gasteiger partial charge in [-0.1, -0.05) is 0 Å². The lowest BCUT2D eigenvalue weighted by molar-refractivity contribution is -0.384. The fourth-order valence-corrected chi connectivity index (χ4v) is 2.31. The van der Waals surface area contributed by atoms with Crippen LogP contribution in [0.25, 0.3) is 10.9 Å². The van der Waals surface area contributed by atoms with Crippen LogP contribution in [0.5, 0.6) is 0 Å². The Morgan fingerprint density at radius 2 is 2.05 bits per heavy atom. The highest BCUT2D eigenvalue weighted by Gasteiger charge is 2.25. The summed E-state index contributed by atoms with van der Waals surface area (Å²) in [4.78, 5) is 30.0. The molecule has 0 saturated carbocycles. The average molecular weight is 332 g/mol. The summed E-state index contributed by atoms with van der Waals surface area (Å²) >= 11 is 0. The molecule has 11 heteroatoms. The Labute approximate surface area is 123 Å². The smallest absolute Gasteiger partial charge is 0.388 e. The molecular weight excluding hydrogens is 319 g/mol. The summed E-state index contributed by atoms with van der Waals surface area (Å²) in [6, 6.07) is 3.91. The summed E-state index contributed by atoms with van der Waals surface area (Å²) < 4.78 is 14.7. The Morgan fingerprint density at radius 3 is 2.64 bits per heavy atom. The first-order valence-electron chi connectivity index (χ1n) is 6.00. The van der Waals surface area contributed by atoms with E-state index in [0.717, 1.165) is 0 Å². The number of nitro benzene ring substituents is 1. The minimum atomic E-state index is -4.76. The highest BCUT2D eigenvalue weighted by atomic mass is 31.2. The summed E-state index contributed by atoms with van der Waals surface area (Å²) in [5, 5.41) is 30.9. The molecule has 0 aliphatic carbocycles. The number of nitrogens with zero attached hydrogens (tertiary/aromatic N) is 1.